The minimum atomic E-state index is 0.675. The van der Waals surface area contributed by atoms with E-state index < -0.39 is 0 Å². The normalized spacial score (nSPS) is 10.5. The Labute approximate surface area is 96.1 Å². The van der Waals surface area contributed by atoms with Crippen LogP contribution in [0.25, 0.3) is 10.7 Å². The van der Waals surface area contributed by atoms with Crippen LogP contribution < -0.4 is 5.32 Å². The second-order valence-corrected chi connectivity index (χ2v) is 4.52. The lowest BCUT2D eigenvalue weighted by atomic mass is 10.4. The molecule has 0 atom stereocenters. The van der Waals surface area contributed by atoms with E-state index in [0.717, 1.165) is 22.4 Å². The molecule has 6 heteroatoms. The predicted molar refractivity (Wildman–Crippen MR) is 63.6 cm³/mol. The maximum Gasteiger partial charge on any atom is 0.203 e. The SMILES string of the molecule is COCCNc1nc(-c2cccs2)ns1. The highest BCUT2D eigenvalue weighted by atomic mass is 32.1. The molecule has 1 N–H and O–H groups in total. The number of hydrogen-bond acceptors (Lipinski definition) is 6. The Morgan fingerprint density at radius 3 is 3.20 bits per heavy atom. The zero-order valence-electron chi connectivity index (χ0n) is 8.27. The van der Waals surface area contributed by atoms with Gasteiger partial charge in [0, 0.05) is 25.2 Å². The van der Waals surface area contributed by atoms with Crippen LogP contribution in [0.2, 0.25) is 0 Å². The number of hydrogen-bond donors (Lipinski definition) is 1. The average molecular weight is 241 g/mol. The van der Waals surface area contributed by atoms with Crippen LogP contribution in [-0.2, 0) is 4.74 Å². The Hall–Kier alpha value is -0.980. The molecule has 0 unspecified atom stereocenters. The first kappa shape index (κ1) is 10.5. The highest BCUT2D eigenvalue weighted by Gasteiger charge is 2.06. The Bertz CT molecular complexity index is 399. The van der Waals surface area contributed by atoms with Crippen LogP contribution in [0.3, 0.4) is 0 Å². The first-order chi connectivity index (χ1) is 7.40. The second-order valence-electron chi connectivity index (χ2n) is 2.82. The molecule has 0 aliphatic carbocycles. The Balaban J connectivity index is 1.98. The Morgan fingerprint density at radius 1 is 1.53 bits per heavy atom. The van der Waals surface area contributed by atoms with E-state index in [1.807, 2.05) is 17.5 Å². The fourth-order valence-electron chi connectivity index (χ4n) is 1.06. The van der Waals surface area contributed by atoms with Gasteiger partial charge >= 0.3 is 0 Å². The van der Waals surface area contributed by atoms with Crippen molar-refractivity contribution in [1.82, 2.24) is 9.36 Å². The van der Waals surface area contributed by atoms with Gasteiger partial charge in [-0.2, -0.15) is 9.36 Å². The van der Waals surface area contributed by atoms with Crippen molar-refractivity contribution in [2.45, 2.75) is 0 Å². The number of aromatic nitrogens is 2. The molecular weight excluding hydrogens is 230 g/mol. The first-order valence-corrected chi connectivity index (χ1v) is 6.16. The molecule has 0 amide bonds. The Morgan fingerprint density at radius 2 is 2.47 bits per heavy atom. The predicted octanol–water partition coefficient (Wildman–Crippen LogP) is 2.32. The van der Waals surface area contributed by atoms with Crippen LogP contribution >= 0.6 is 22.9 Å². The molecule has 0 radical (unpaired) electrons. The van der Waals surface area contributed by atoms with Gasteiger partial charge < -0.3 is 10.1 Å². The molecular formula is C9H11N3OS2. The van der Waals surface area contributed by atoms with Crippen LogP contribution in [0.15, 0.2) is 17.5 Å². The third-order valence-electron chi connectivity index (χ3n) is 1.75. The molecule has 2 aromatic heterocycles. The van der Waals surface area contributed by atoms with E-state index in [1.54, 1.807) is 18.4 Å². The molecule has 4 nitrogen and oxygen atoms in total. The third-order valence-corrected chi connectivity index (χ3v) is 3.29. The second kappa shape index (κ2) is 5.20. The first-order valence-electron chi connectivity index (χ1n) is 4.50. The number of methoxy groups -OCH3 is 1. The van der Waals surface area contributed by atoms with Crippen molar-refractivity contribution in [3.63, 3.8) is 0 Å². The number of ether oxygens (including phenoxy) is 1. The van der Waals surface area contributed by atoms with Gasteiger partial charge in [0.05, 0.1) is 11.5 Å². The molecule has 2 aromatic rings. The summed E-state index contributed by atoms with van der Waals surface area (Å²) in [6.07, 6.45) is 0. The molecule has 0 aromatic carbocycles. The van der Waals surface area contributed by atoms with Crippen LogP contribution in [0, 0.1) is 0 Å². The number of rotatable bonds is 5. The maximum atomic E-state index is 4.94. The summed E-state index contributed by atoms with van der Waals surface area (Å²) in [6, 6.07) is 4.02. The van der Waals surface area contributed by atoms with E-state index in [4.69, 9.17) is 4.74 Å². The summed E-state index contributed by atoms with van der Waals surface area (Å²) in [5.41, 5.74) is 0. The van der Waals surface area contributed by atoms with Crippen molar-refractivity contribution in [1.29, 1.82) is 0 Å². The average Bonchev–Trinajstić information content (AvgIpc) is 2.87. The Kier molecular flexibility index (Phi) is 3.65. The highest BCUT2D eigenvalue weighted by Crippen LogP contribution is 2.24. The minimum absolute atomic E-state index is 0.675. The molecule has 2 rings (SSSR count). The van der Waals surface area contributed by atoms with Gasteiger partial charge in [0.1, 0.15) is 0 Å². The van der Waals surface area contributed by atoms with Gasteiger partial charge in [0.2, 0.25) is 5.13 Å². The quantitative estimate of drug-likeness (QED) is 0.816. The van der Waals surface area contributed by atoms with Crippen molar-refractivity contribution < 1.29 is 4.74 Å². The lowest BCUT2D eigenvalue weighted by molar-refractivity contribution is 0.211. The summed E-state index contributed by atoms with van der Waals surface area (Å²) >= 11 is 3.02. The molecule has 80 valence electrons. The van der Waals surface area contributed by atoms with E-state index in [9.17, 15) is 0 Å². The number of thiophene rings is 1. The van der Waals surface area contributed by atoms with Gasteiger partial charge in [0.15, 0.2) is 5.82 Å². The molecule has 0 fully saturated rings. The summed E-state index contributed by atoms with van der Waals surface area (Å²) in [4.78, 5) is 5.48. The lowest BCUT2D eigenvalue weighted by Gasteiger charge is -1.98. The van der Waals surface area contributed by atoms with E-state index >= 15 is 0 Å². The van der Waals surface area contributed by atoms with Crippen molar-refractivity contribution in [3.05, 3.63) is 17.5 Å². The smallest absolute Gasteiger partial charge is 0.203 e. The van der Waals surface area contributed by atoms with Gasteiger partial charge in [-0.1, -0.05) is 6.07 Å². The van der Waals surface area contributed by atoms with Crippen molar-refractivity contribution in [3.8, 4) is 10.7 Å². The summed E-state index contributed by atoms with van der Waals surface area (Å²) in [7, 11) is 1.68. The summed E-state index contributed by atoms with van der Waals surface area (Å²) in [5, 5.41) is 6.02. The van der Waals surface area contributed by atoms with E-state index in [-0.39, 0.29) is 0 Å². The lowest BCUT2D eigenvalue weighted by Crippen LogP contribution is -2.06. The van der Waals surface area contributed by atoms with E-state index in [1.165, 1.54) is 11.5 Å². The zero-order chi connectivity index (χ0) is 10.5. The van der Waals surface area contributed by atoms with Crippen molar-refractivity contribution in [2.24, 2.45) is 0 Å². The monoisotopic (exact) mass is 241 g/mol. The maximum absolute atomic E-state index is 4.94. The summed E-state index contributed by atoms with van der Waals surface area (Å²) in [6.45, 7) is 1.43. The third kappa shape index (κ3) is 2.74. The standard InChI is InChI=1S/C9H11N3OS2/c1-13-5-4-10-9-11-8(12-15-9)7-3-2-6-14-7/h2-3,6H,4-5H2,1H3,(H,10,11,12). The van der Waals surface area contributed by atoms with Crippen molar-refractivity contribution >= 4 is 28.0 Å². The topological polar surface area (TPSA) is 47.0 Å². The van der Waals surface area contributed by atoms with Gasteiger partial charge in [-0.25, -0.2) is 0 Å². The molecule has 0 saturated heterocycles. The molecule has 0 saturated carbocycles. The molecule has 0 aliphatic heterocycles. The molecule has 15 heavy (non-hydrogen) atoms. The van der Waals surface area contributed by atoms with Crippen LogP contribution in [-0.4, -0.2) is 29.6 Å². The van der Waals surface area contributed by atoms with E-state index in [0.29, 0.717) is 6.61 Å². The van der Waals surface area contributed by atoms with Crippen LogP contribution in [0.5, 0.6) is 0 Å². The zero-order valence-corrected chi connectivity index (χ0v) is 9.90. The van der Waals surface area contributed by atoms with Gasteiger partial charge in [-0.3, -0.25) is 0 Å². The summed E-state index contributed by atoms with van der Waals surface area (Å²) in [5.74, 6) is 0.801. The van der Waals surface area contributed by atoms with Gasteiger partial charge in [0.25, 0.3) is 0 Å². The van der Waals surface area contributed by atoms with Crippen LogP contribution in [0.4, 0.5) is 5.13 Å². The molecule has 0 aliphatic rings. The highest BCUT2D eigenvalue weighted by molar-refractivity contribution is 7.14. The molecule has 2 heterocycles. The summed E-state index contributed by atoms with van der Waals surface area (Å²) < 4.78 is 9.21. The van der Waals surface area contributed by atoms with Gasteiger partial charge in [-0.15, -0.1) is 11.3 Å². The molecule has 0 bridgehead atoms. The van der Waals surface area contributed by atoms with Crippen LogP contribution in [0.1, 0.15) is 0 Å². The van der Waals surface area contributed by atoms with Gasteiger partial charge in [-0.05, 0) is 11.4 Å². The molecule has 0 spiro atoms. The number of nitrogens with zero attached hydrogens (tertiary/aromatic N) is 2. The fourth-order valence-corrected chi connectivity index (χ4v) is 2.38. The number of anilines is 1. The largest absolute Gasteiger partial charge is 0.383 e. The fraction of sp³-hybridized carbons (Fsp3) is 0.333. The number of nitrogens with one attached hydrogen (secondary N) is 1. The van der Waals surface area contributed by atoms with E-state index in [2.05, 4.69) is 14.7 Å². The van der Waals surface area contributed by atoms with Crippen molar-refractivity contribution in [2.75, 3.05) is 25.6 Å². The minimum Gasteiger partial charge on any atom is -0.383 e.